The number of benzene rings is 1. The van der Waals surface area contributed by atoms with Gasteiger partial charge in [0, 0.05) is 31.7 Å². The predicted octanol–water partition coefficient (Wildman–Crippen LogP) is 1.74. The van der Waals surface area contributed by atoms with Crippen molar-refractivity contribution in [2.24, 2.45) is 0 Å². The maximum absolute atomic E-state index is 13.1. The van der Waals surface area contributed by atoms with Crippen LogP contribution >= 0.6 is 11.8 Å². The normalized spacial score (nSPS) is 19.4. The molecule has 8 heteroatoms. The van der Waals surface area contributed by atoms with Crippen molar-refractivity contribution in [1.82, 2.24) is 24.6 Å². The number of morpholine rings is 1. The van der Waals surface area contributed by atoms with Gasteiger partial charge in [-0.1, -0.05) is 11.8 Å². The van der Waals surface area contributed by atoms with Gasteiger partial charge < -0.3 is 4.74 Å². The topological polar surface area (TPSA) is 46.4 Å². The summed E-state index contributed by atoms with van der Waals surface area (Å²) in [5, 5.41) is 9.49. The van der Waals surface area contributed by atoms with Gasteiger partial charge in [0.05, 0.1) is 25.8 Å². The zero-order valence-corrected chi connectivity index (χ0v) is 14.2. The highest BCUT2D eigenvalue weighted by atomic mass is 32.2. The van der Waals surface area contributed by atoms with Crippen LogP contribution in [0.5, 0.6) is 0 Å². The molecule has 6 nitrogen and oxygen atoms in total. The highest BCUT2D eigenvalue weighted by Crippen LogP contribution is 2.28. The molecule has 1 saturated heterocycles. The summed E-state index contributed by atoms with van der Waals surface area (Å²) in [6, 6.07) is 6.43. The lowest BCUT2D eigenvalue weighted by molar-refractivity contribution is 0.0325. The van der Waals surface area contributed by atoms with Gasteiger partial charge in [0.15, 0.2) is 11.0 Å². The molecule has 0 radical (unpaired) electrons. The van der Waals surface area contributed by atoms with E-state index in [1.54, 1.807) is 23.9 Å². The quantitative estimate of drug-likeness (QED) is 0.838. The van der Waals surface area contributed by atoms with Crippen molar-refractivity contribution >= 4 is 11.8 Å². The van der Waals surface area contributed by atoms with Crippen molar-refractivity contribution in [2.45, 2.75) is 11.8 Å². The molecular weight excluding hydrogens is 329 g/mol. The molecule has 0 amide bonds. The standard InChI is InChI=1S/C16H20FN5OS/c17-14-3-1-13(2-4-14)15-18-19-16-22(15)11-21(12-24-16)6-5-20-7-9-23-10-8-20/h1-4H,5-12H2. The Labute approximate surface area is 144 Å². The number of aromatic nitrogens is 3. The molecule has 2 aliphatic rings. The van der Waals surface area contributed by atoms with Crippen LogP contribution in [0.2, 0.25) is 0 Å². The highest BCUT2D eigenvalue weighted by molar-refractivity contribution is 7.99. The van der Waals surface area contributed by atoms with E-state index in [4.69, 9.17) is 4.74 Å². The van der Waals surface area contributed by atoms with Crippen molar-refractivity contribution in [2.75, 3.05) is 45.3 Å². The lowest BCUT2D eigenvalue weighted by Gasteiger charge is -2.32. The first-order valence-electron chi connectivity index (χ1n) is 8.14. The first-order valence-corrected chi connectivity index (χ1v) is 9.12. The molecule has 0 N–H and O–H groups in total. The molecule has 0 unspecified atom stereocenters. The van der Waals surface area contributed by atoms with E-state index in [0.717, 1.165) is 68.5 Å². The Morgan fingerprint density at radius 3 is 2.58 bits per heavy atom. The highest BCUT2D eigenvalue weighted by Gasteiger charge is 2.23. The average molecular weight is 349 g/mol. The van der Waals surface area contributed by atoms with E-state index in [2.05, 4.69) is 24.6 Å². The van der Waals surface area contributed by atoms with E-state index in [1.807, 2.05) is 0 Å². The Balaban J connectivity index is 1.44. The summed E-state index contributed by atoms with van der Waals surface area (Å²) in [5.41, 5.74) is 0.894. The van der Waals surface area contributed by atoms with Gasteiger partial charge in [-0.3, -0.25) is 14.4 Å². The fraction of sp³-hybridized carbons (Fsp3) is 0.500. The molecule has 1 fully saturated rings. The second kappa shape index (κ2) is 7.18. The molecule has 2 aromatic rings. The molecular formula is C16H20FN5OS. The average Bonchev–Trinajstić information content (AvgIpc) is 3.05. The molecule has 0 spiro atoms. The molecule has 0 atom stereocenters. The molecule has 4 rings (SSSR count). The Kier molecular flexibility index (Phi) is 4.79. The first-order chi connectivity index (χ1) is 11.8. The van der Waals surface area contributed by atoms with E-state index in [9.17, 15) is 4.39 Å². The monoisotopic (exact) mass is 349 g/mol. The Bertz CT molecular complexity index is 686. The lowest BCUT2D eigenvalue weighted by Crippen LogP contribution is -2.42. The van der Waals surface area contributed by atoms with Crippen LogP contribution in [0.3, 0.4) is 0 Å². The van der Waals surface area contributed by atoms with E-state index >= 15 is 0 Å². The lowest BCUT2D eigenvalue weighted by atomic mass is 10.2. The van der Waals surface area contributed by atoms with Gasteiger partial charge in [0.25, 0.3) is 0 Å². The molecule has 3 heterocycles. The summed E-state index contributed by atoms with van der Waals surface area (Å²) in [7, 11) is 0. The third kappa shape index (κ3) is 3.46. The van der Waals surface area contributed by atoms with Crippen LogP contribution in [0.4, 0.5) is 4.39 Å². The summed E-state index contributed by atoms with van der Waals surface area (Å²) in [6.07, 6.45) is 0. The van der Waals surface area contributed by atoms with Crippen molar-refractivity contribution in [3.63, 3.8) is 0 Å². The molecule has 1 aromatic carbocycles. The summed E-state index contributed by atoms with van der Waals surface area (Å²) < 4.78 is 20.6. The molecule has 1 aromatic heterocycles. The number of halogens is 1. The largest absolute Gasteiger partial charge is 0.379 e. The maximum Gasteiger partial charge on any atom is 0.193 e. The van der Waals surface area contributed by atoms with Crippen LogP contribution in [0.25, 0.3) is 11.4 Å². The third-order valence-corrected chi connectivity index (χ3v) is 5.43. The van der Waals surface area contributed by atoms with Gasteiger partial charge in [-0.15, -0.1) is 10.2 Å². The Morgan fingerprint density at radius 1 is 1.04 bits per heavy atom. The van der Waals surface area contributed by atoms with Crippen molar-refractivity contribution in [1.29, 1.82) is 0 Å². The number of ether oxygens (including phenoxy) is 1. The first kappa shape index (κ1) is 16.0. The van der Waals surface area contributed by atoms with Crippen LogP contribution in [0, 0.1) is 5.82 Å². The zero-order chi connectivity index (χ0) is 16.4. The molecule has 2 aliphatic heterocycles. The van der Waals surface area contributed by atoms with Gasteiger partial charge >= 0.3 is 0 Å². The smallest absolute Gasteiger partial charge is 0.193 e. The van der Waals surface area contributed by atoms with Crippen LogP contribution in [0.15, 0.2) is 29.4 Å². The maximum atomic E-state index is 13.1. The van der Waals surface area contributed by atoms with Gasteiger partial charge in [0.1, 0.15) is 5.82 Å². The summed E-state index contributed by atoms with van der Waals surface area (Å²) in [4.78, 5) is 4.83. The minimum Gasteiger partial charge on any atom is -0.379 e. The van der Waals surface area contributed by atoms with E-state index < -0.39 is 0 Å². The summed E-state index contributed by atoms with van der Waals surface area (Å²) >= 11 is 1.70. The minimum absolute atomic E-state index is 0.237. The Morgan fingerprint density at radius 2 is 1.79 bits per heavy atom. The van der Waals surface area contributed by atoms with Gasteiger partial charge in [-0.05, 0) is 24.3 Å². The summed E-state index contributed by atoms with van der Waals surface area (Å²) in [6.45, 7) is 6.52. The van der Waals surface area contributed by atoms with Crippen molar-refractivity contribution < 1.29 is 9.13 Å². The van der Waals surface area contributed by atoms with Gasteiger partial charge in [-0.25, -0.2) is 4.39 Å². The Hall–Kier alpha value is -1.48. The van der Waals surface area contributed by atoms with Crippen LogP contribution < -0.4 is 0 Å². The third-order valence-electron chi connectivity index (χ3n) is 4.37. The van der Waals surface area contributed by atoms with E-state index in [1.165, 1.54) is 12.1 Å². The molecule has 128 valence electrons. The molecule has 0 aliphatic carbocycles. The molecule has 24 heavy (non-hydrogen) atoms. The second-order valence-electron chi connectivity index (χ2n) is 6.00. The van der Waals surface area contributed by atoms with Crippen LogP contribution in [0.1, 0.15) is 0 Å². The minimum atomic E-state index is -0.237. The van der Waals surface area contributed by atoms with Crippen LogP contribution in [-0.4, -0.2) is 69.8 Å². The van der Waals surface area contributed by atoms with Gasteiger partial charge in [-0.2, -0.15) is 0 Å². The second-order valence-corrected chi connectivity index (χ2v) is 6.92. The number of thioether (sulfide) groups is 1. The van der Waals surface area contributed by atoms with Gasteiger partial charge in [0.2, 0.25) is 0 Å². The fourth-order valence-corrected chi connectivity index (χ4v) is 3.88. The zero-order valence-electron chi connectivity index (χ0n) is 13.4. The molecule has 0 bridgehead atoms. The van der Waals surface area contributed by atoms with E-state index in [-0.39, 0.29) is 5.82 Å². The molecule has 0 saturated carbocycles. The number of nitrogens with zero attached hydrogens (tertiary/aromatic N) is 5. The van der Waals surface area contributed by atoms with Crippen LogP contribution in [-0.2, 0) is 11.4 Å². The number of rotatable bonds is 4. The van der Waals surface area contributed by atoms with Crippen molar-refractivity contribution in [3.05, 3.63) is 30.1 Å². The van der Waals surface area contributed by atoms with Crippen molar-refractivity contribution in [3.8, 4) is 11.4 Å². The number of hydrogen-bond acceptors (Lipinski definition) is 6. The fourth-order valence-electron chi connectivity index (χ4n) is 2.97. The SMILES string of the molecule is Fc1ccc(-c2nnc3n2CN(CCN2CCOCC2)CS3)cc1. The predicted molar refractivity (Wildman–Crippen MR) is 90.1 cm³/mol. The number of hydrogen-bond donors (Lipinski definition) is 0. The van der Waals surface area contributed by atoms with E-state index in [0.29, 0.717) is 0 Å². The summed E-state index contributed by atoms with van der Waals surface area (Å²) in [5.74, 6) is 1.48. The number of fused-ring (bicyclic) bond motifs is 1.